The number of ether oxygens (including phenoxy) is 2. The van der Waals surface area contributed by atoms with E-state index in [0.29, 0.717) is 22.6 Å². The third-order valence-corrected chi connectivity index (χ3v) is 6.84. The van der Waals surface area contributed by atoms with Gasteiger partial charge in [0.1, 0.15) is 18.1 Å². The molecule has 44 heavy (non-hydrogen) atoms. The third-order valence-electron chi connectivity index (χ3n) is 6.13. The number of carboxylic acid groups (broad SMARTS) is 1. The van der Waals surface area contributed by atoms with Crippen LogP contribution in [0.4, 0.5) is 4.79 Å². The Kier molecular flexibility index (Phi) is 17.2. The van der Waals surface area contributed by atoms with Gasteiger partial charge in [0.05, 0.1) is 19.3 Å². The lowest BCUT2D eigenvalue weighted by atomic mass is 10.0. The summed E-state index contributed by atoms with van der Waals surface area (Å²) >= 11 is 10.4. The lowest BCUT2D eigenvalue weighted by Crippen LogP contribution is -2.57. The number of carbonyl (C=O) groups excluding carboxylic acids is 5. The van der Waals surface area contributed by atoms with Crippen LogP contribution in [0.1, 0.15) is 62.9 Å². The number of hydrogen-bond donors (Lipinski definition) is 6. The van der Waals surface area contributed by atoms with E-state index in [1.165, 1.54) is 13.2 Å². The third kappa shape index (κ3) is 14.3. The molecule has 0 aliphatic carbocycles. The molecule has 15 heteroatoms. The van der Waals surface area contributed by atoms with Gasteiger partial charge in [-0.25, -0.2) is 9.59 Å². The van der Waals surface area contributed by atoms with Gasteiger partial charge in [-0.05, 0) is 48.8 Å². The molecule has 0 bridgehead atoms. The van der Waals surface area contributed by atoms with Crippen LogP contribution in [0.3, 0.4) is 0 Å². The van der Waals surface area contributed by atoms with Crippen molar-refractivity contribution < 1.29 is 43.3 Å². The number of carbonyl (C=O) groups is 6. The first-order valence-corrected chi connectivity index (χ1v) is 15.2. The van der Waals surface area contributed by atoms with Gasteiger partial charge in [0, 0.05) is 23.7 Å². The SMILES string of the molecule is COC(=O)c1ccc(CCNC(=O)[C@H](CS)NC(=O)[C@H](CC(C)C)NC(=O)[C@H](CCC(=O)O)NC(=O)OCC(C)C)c(Cl)c1. The smallest absolute Gasteiger partial charge is 0.407 e. The second-order valence-corrected chi connectivity index (χ2v) is 11.7. The van der Waals surface area contributed by atoms with Gasteiger partial charge in [-0.1, -0.05) is 45.4 Å². The van der Waals surface area contributed by atoms with Gasteiger partial charge in [-0.2, -0.15) is 12.6 Å². The number of halogens is 1. The summed E-state index contributed by atoms with van der Waals surface area (Å²) in [7, 11) is 1.26. The summed E-state index contributed by atoms with van der Waals surface area (Å²) in [6.07, 6.45) is -0.990. The molecule has 0 saturated carbocycles. The Labute approximate surface area is 267 Å². The summed E-state index contributed by atoms with van der Waals surface area (Å²) in [6, 6.07) is 1.28. The van der Waals surface area contributed by atoms with Gasteiger partial charge in [0.25, 0.3) is 0 Å². The average Bonchev–Trinajstić information content (AvgIpc) is 2.96. The fraction of sp³-hybridized carbons (Fsp3) is 0.586. The van der Waals surface area contributed by atoms with Crippen molar-refractivity contribution >= 4 is 60.0 Å². The number of nitrogens with one attached hydrogen (secondary N) is 4. The zero-order chi connectivity index (χ0) is 33.4. The molecule has 1 rings (SSSR count). The van der Waals surface area contributed by atoms with E-state index in [-0.39, 0.29) is 43.6 Å². The van der Waals surface area contributed by atoms with Crippen LogP contribution in [0.2, 0.25) is 5.02 Å². The number of esters is 1. The number of alkyl carbamates (subject to hydrolysis) is 1. The average molecular weight is 659 g/mol. The quantitative estimate of drug-likeness (QED) is 0.102. The Morgan fingerprint density at radius 1 is 0.909 bits per heavy atom. The van der Waals surface area contributed by atoms with Crippen molar-refractivity contribution in [2.75, 3.05) is 26.0 Å². The first-order chi connectivity index (χ1) is 20.7. The number of benzene rings is 1. The Hall–Kier alpha value is -3.52. The molecule has 246 valence electrons. The van der Waals surface area contributed by atoms with Gasteiger partial charge in [0.15, 0.2) is 0 Å². The Morgan fingerprint density at radius 3 is 2.09 bits per heavy atom. The minimum Gasteiger partial charge on any atom is -0.481 e. The standard InChI is InChI=1S/C29H43ClN4O9S/c1-16(2)12-22(32-26(38)21(8-9-24(35)36)34-29(41)43-14-17(3)4)27(39)33-23(15-44)25(37)31-11-10-18-6-7-19(13-20(18)30)28(40)42-5/h6-7,13,16-17,21-23,44H,8-12,14-15H2,1-5H3,(H,31,37)(H,32,38)(H,33,39)(H,34,41)(H,35,36)/t21-,22-,23-/m0/s1. The number of methoxy groups -OCH3 is 1. The van der Waals surface area contributed by atoms with E-state index in [4.69, 9.17) is 21.4 Å². The highest BCUT2D eigenvalue weighted by Crippen LogP contribution is 2.19. The van der Waals surface area contributed by atoms with Crippen LogP contribution in [-0.2, 0) is 35.1 Å². The van der Waals surface area contributed by atoms with E-state index in [1.54, 1.807) is 12.1 Å². The van der Waals surface area contributed by atoms with Crippen molar-refractivity contribution in [1.82, 2.24) is 21.3 Å². The minimum absolute atomic E-state index is 0.0422. The van der Waals surface area contributed by atoms with Crippen LogP contribution < -0.4 is 21.3 Å². The molecule has 0 radical (unpaired) electrons. The van der Waals surface area contributed by atoms with Gasteiger partial charge in [-0.15, -0.1) is 0 Å². The van der Waals surface area contributed by atoms with E-state index in [1.807, 2.05) is 27.7 Å². The van der Waals surface area contributed by atoms with Crippen LogP contribution in [0, 0.1) is 11.8 Å². The van der Waals surface area contributed by atoms with Crippen molar-refractivity contribution in [2.24, 2.45) is 11.8 Å². The van der Waals surface area contributed by atoms with E-state index < -0.39 is 60.3 Å². The normalized spacial score (nSPS) is 12.9. The second kappa shape index (κ2) is 19.7. The molecule has 1 aromatic rings. The molecule has 0 aliphatic rings. The fourth-order valence-corrected chi connectivity index (χ4v) is 4.38. The molecule has 0 saturated heterocycles. The summed E-state index contributed by atoms with van der Waals surface area (Å²) in [5.74, 6) is -3.68. The number of hydrogen-bond acceptors (Lipinski definition) is 9. The van der Waals surface area contributed by atoms with Crippen LogP contribution in [-0.4, -0.2) is 85.0 Å². The first-order valence-electron chi connectivity index (χ1n) is 14.2. The maximum absolute atomic E-state index is 13.2. The van der Waals surface area contributed by atoms with E-state index in [2.05, 4.69) is 38.6 Å². The Morgan fingerprint density at radius 2 is 1.55 bits per heavy atom. The molecule has 0 heterocycles. The highest BCUT2D eigenvalue weighted by atomic mass is 35.5. The summed E-state index contributed by atoms with van der Waals surface area (Å²) in [5, 5.41) is 19.7. The number of aliphatic carboxylic acids is 1. The predicted octanol–water partition coefficient (Wildman–Crippen LogP) is 2.35. The molecule has 13 nitrogen and oxygen atoms in total. The number of rotatable bonds is 18. The van der Waals surface area contributed by atoms with E-state index in [0.717, 1.165) is 0 Å². The molecule has 5 N–H and O–H groups in total. The summed E-state index contributed by atoms with van der Waals surface area (Å²) < 4.78 is 9.72. The molecular formula is C29H43ClN4O9S. The topological polar surface area (TPSA) is 189 Å². The monoisotopic (exact) mass is 658 g/mol. The van der Waals surface area contributed by atoms with Gasteiger partial charge < -0.3 is 35.8 Å². The van der Waals surface area contributed by atoms with Crippen molar-refractivity contribution in [3.05, 3.63) is 34.3 Å². The molecule has 4 amide bonds. The Balaban J connectivity index is 2.88. The first kappa shape index (κ1) is 38.5. The van der Waals surface area contributed by atoms with E-state index >= 15 is 0 Å². The van der Waals surface area contributed by atoms with Crippen molar-refractivity contribution in [3.8, 4) is 0 Å². The van der Waals surface area contributed by atoms with Gasteiger partial charge in [0.2, 0.25) is 17.7 Å². The summed E-state index contributed by atoms with van der Waals surface area (Å²) in [6.45, 7) is 7.60. The van der Waals surface area contributed by atoms with Gasteiger partial charge in [-0.3, -0.25) is 19.2 Å². The predicted molar refractivity (Wildman–Crippen MR) is 167 cm³/mol. The molecule has 3 atom stereocenters. The fourth-order valence-electron chi connectivity index (χ4n) is 3.84. The lowest BCUT2D eigenvalue weighted by Gasteiger charge is -2.25. The molecule has 0 aromatic heterocycles. The molecule has 0 spiro atoms. The zero-order valence-electron chi connectivity index (χ0n) is 25.6. The molecule has 0 fully saturated rings. The second-order valence-electron chi connectivity index (χ2n) is 10.9. The van der Waals surface area contributed by atoms with Crippen LogP contribution in [0.5, 0.6) is 0 Å². The van der Waals surface area contributed by atoms with Crippen LogP contribution in [0.25, 0.3) is 0 Å². The largest absolute Gasteiger partial charge is 0.481 e. The van der Waals surface area contributed by atoms with E-state index in [9.17, 15) is 28.8 Å². The molecular weight excluding hydrogens is 616 g/mol. The minimum atomic E-state index is -1.27. The highest BCUT2D eigenvalue weighted by Gasteiger charge is 2.30. The van der Waals surface area contributed by atoms with Crippen molar-refractivity contribution in [2.45, 2.75) is 71.5 Å². The molecule has 0 unspecified atom stereocenters. The maximum atomic E-state index is 13.2. The number of thiol groups is 1. The number of amides is 4. The molecule has 0 aliphatic heterocycles. The highest BCUT2D eigenvalue weighted by molar-refractivity contribution is 7.80. The Bertz CT molecular complexity index is 1170. The summed E-state index contributed by atoms with van der Waals surface area (Å²) in [5.41, 5.74) is 0.978. The summed E-state index contributed by atoms with van der Waals surface area (Å²) in [4.78, 5) is 74.2. The van der Waals surface area contributed by atoms with Gasteiger partial charge >= 0.3 is 18.0 Å². The van der Waals surface area contributed by atoms with Crippen LogP contribution >= 0.6 is 24.2 Å². The lowest BCUT2D eigenvalue weighted by molar-refractivity contribution is -0.137. The maximum Gasteiger partial charge on any atom is 0.407 e. The zero-order valence-corrected chi connectivity index (χ0v) is 27.3. The van der Waals surface area contributed by atoms with Crippen molar-refractivity contribution in [3.63, 3.8) is 0 Å². The molecule has 1 aromatic carbocycles. The number of carboxylic acids is 1. The van der Waals surface area contributed by atoms with Crippen LogP contribution in [0.15, 0.2) is 18.2 Å². The van der Waals surface area contributed by atoms with Crippen molar-refractivity contribution in [1.29, 1.82) is 0 Å².